The van der Waals surface area contributed by atoms with Gasteiger partial charge in [0.05, 0.1) is 6.10 Å². The fourth-order valence-corrected chi connectivity index (χ4v) is 2.14. The van der Waals surface area contributed by atoms with Crippen LogP contribution in [0, 0.1) is 5.82 Å². The lowest BCUT2D eigenvalue weighted by Crippen LogP contribution is -2.25. The predicted molar refractivity (Wildman–Crippen MR) is 79.2 cm³/mol. The highest BCUT2D eigenvalue weighted by molar-refractivity contribution is 6.30. The molecule has 2 nitrogen and oxygen atoms in total. The Morgan fingerprint density at radius 2 is 1.80 bits per heavy atom. The maximum Gasteiger partial charge on any atom is 0.129 e. The van der Waals surface area contributed by atoms with Gasteiger partial charge in [-0.15, -0.1) is 0 Å². The zero-order chi connectivity index (χ0) is 14.5. The summed E-state index contributed by atoms with van der Waals surface area (Å²) in [5.74, 6) is -0.388. The third kappa shape index (κ3) is 3.79. The first-order valence-electron chi connectivity index (χ1n) is 6.49. The first-order valence-corrected chi connectivity index (χ1v) is 6.87. The first kappa shape index (κ1) is 15.0. The van der Waals surface area contributed by atoms with Crippen LogP contribution in [0.15, 0.2) is 48.5 Å². The van der Waals surface area contributed by atoms with E-state index < -0.39 is 6.10 Å². The molecule has 0 heterocycles. The molecule has 2 aromatic carbocycles. The molecule has 0 bridgehead atoms. The molecule has 0 amide bonds. The Hall–Kier alpha value is -1.42. The van der Waals surface area contributed by atoms with Gasteiger partial charge in [0.1, 0.15) is 5.82 Å². The van der Waals surface area contributed by atoms with Crippen molar-refractivity contribution in [2.75, 3.05) is 6.54 Å². The van der Waals surface area contributed by atoms with Crippen molar-refractivity contribution < 1.29 is 9.50 Å². The topological polar surface area (TPSA) is 32.3 Å². The van der Waals surface area contributed by atoms with Crippen molar-refractivity contribution in [2.24, 2.45) is 0 Å². The molecule has 0 spiro atoms. The maximum atomic E-state index is 13.5. The highest BCUT2D eigenvalue weighted by Crippen LogP contribution is 2.19. The average molecular weight is 294 g/mol. The van der Waals surface area contributed by atoms with Gasteiger partial charge in [-0.05, 0) is 30.7 Å². The Balaban J connectivity index is 1.95. The van der Waals surface area contributed by atoms with Crippen LogP contribution in [0.25, 0.3) is 0 Å². The lowest BCUT2D eigenvalue weighted by Gasteiger charge is -2.18. The van der Waals surface area contributed by atoms with Crippen LogP contribution in [0.5, 0.6) is 0 Å². The van der Waals surface area contributed by atoms with Crippen molar-refractivity contribution in [1.29, 1.82) is 0 Å². The summed E-state index contributed by atoms with van der Waals surface area (Å²) in [7, 11) is 0. The zero-order valence-electron chi connectivity index (χ0n) is 11.2. The van der Waals surface area contributed by atoms with Gasteiger partial charge in [0.15, 0.2) is 0 Å². The lowest BCUT2D eigenvalue weighted by molar-refractivity contribution is 0.166. The molecule has 4 heteroatoms. The van der Waals surface area contributed by atoms with E-state index in [0.717, 1.165) is 5.56 Å². The number of hydrogen-bond donors (Lipinski definition) is 2. The minimum Gasteiger partial charge on any atom is -0.387 e. The fourth-order valence-electron chi connectivity index (χ4n) is 2.01. The predicted octanol–water partition coefficient (Wildman–Crippen LogP) is 3.86. The number of benzene rings is 2. The number of halogens is 2. The van der Waals surface area contributed by atoms with Gasteiger partial charge in [-0.25, -0.2) is 4.39 Å². The molecule has 0 aromatic heterocycles. The smallest absolute Gasteiger partial charge is 0.129 e. The number of nitrogens with one attached hydrogen (secondary N) is 1. The molecule has 2 aromatic rings. The normalized spacial score (nSPS) is 14.0. The van der Waals surface area contributed by atoms with E-state index in [1.165, 1.54) is 6.07 Å². The molecule has 0 fully saturated rings. The second kappa shape index (κ2) is 6.84. The van der Waals surface area contributed by atoms with Gasteiger partial charge in [-0.2, -0.15) is 0 Å². The minimum absolute atomic E-state index is 0.0497. The minimum atomic E-state index is -0.869. The molecule has 106 valence electrons. The van der Waals surface area contributed by atoms with E-state index in [0.29, 0.717) is 10.6 Å². The highest BCUT2D eigenvalue weighted by atomic mass is 35.5. The van der Waals surface area contributed by atoms with Crippen molar-refractivity contribution in [2.45, 2.75) is 19.1 Å². The van der Waals surface area contributed by atoms with Gasteiger partial charge in [-0.3, -0.25) is 0 Å². The Kier molecular flexibility index (Phi) is 5.12. The Morgan fingerprint density at radius 1 is 1.15 bits per heavy atom. The summed E-state index contributed by atoms with van der Waals surface area (Å²) in [6, 6.07) is 13.8. The van der Waals surface area contributed by atoms with Crippen molar-refractivity contribution in [3.8, 4) is 0 Å². The molecule has 2 atom stereocenters. The second-order valence-electron chi connectivity index (χ2n) is 4.72. The van der Waals surface area contributed by atoms with Crippen LogP contribution in [-0.4, -0.2) is 11.7 Å². The van der Waals surface area contributed by atoms with E-state index in [9.17, 15) is 9.50 Å². The standard InChI is InChI=1S/C16H17ClFNO/c1-11(12-6-8-13(17)9-7-12)19-10-16(20)14-4-2-3-5-15(14)18/h2-9,11,16,19-20H,10H2,1H3/t11-,16?/m0/s1. The number of aliphatic hydroxyl groups is 1. The number of aliphatic hydroxyl groups excluding tert-OH is 1. The van der Waals surface area contributed by atoms with E-state index in [-0.39, 0.29) is 18.4 Å². The Labute approximate surface area is 123 Å². The van der Waals surface area contributed by atoms with E-state index in [4.69, 9.17) is 11.6 Å². The molecule has 1 unspecified atom stereocenters. The quantitative estimate of drug-likeness (QED) is 0.877. The van der Waals surface area contributed by atoms with Crippen molar-refractivity contribution in [3.63, 3.8) is 0 Å². The molecule has 0 saturated heterocycles. The fraction of sp³-hybridized carbons (Fsp3) is 0.250. The zero-order valence-corrected chi connectivity index (χ0v) is 11.9. The van der Waals surface area contributed by atoms with Crippen LogP contribution in [0.4, 0.5) is 4.39 Å². The van der Waals surface area contributed by atoms with Crippen LogP contribution in [-0.2, 0) is 0 Å². The Bertz CT molecular complexity index is 559. The molecule has 0 aliphatic heterocycles. The molecule has 20 heavy (non-hydrogen) atoms. The SMILES string of the molecule is C[C@H](NCC(O)c1ccccc1F)c1ccc(Cl)cc1. The van der Waals surface area contributed by atoms with Gasteiger partial charge in [0.25, 0.3) is 0 Å². The van der Waals surface area contributed by atoms with Gasteiger partial charge in [0.2, 0.25) is 0 Å². The third-order valence-corrected chi connectivity index (χ3v) is 3.50. The molecule has 0 aliphatic carbocycles. The van der Waals surface area contributed by atoms with Gasteiger partial charge >= 0.3 is 0 Å². The molecular weight excluding hydrogens is 277 g/mol. The summed E-state index contributed by atoms with van der Waals surface area (Å²) in [5.41, 5.74) is 1.37. The molecular formula is C16H17ClFNO. The van der Waals surface area contributed by atoms with Gasteiger partial charge in [-0.1, -0.05) is 41.9 Å². The summed E-state index contributed by atoms with van der Waals surface area (Å²) >= 11 is 5.84. The molecule has 0 aliphatic rings. The Morgan fingerprint density at radius 3 is 2.45 bits per heavy atom. The summed E-state index contributed by atoms with van der Waals surface area (Å²) in [5, 5.41) is 13.9. The first-order chi connectivity index (χ1) is 9.58. The molecule has 2 rings (SSSR count). The van der Waals surface area contributed by atoms with Crippen LogP contribution in [0.3, 0.4) is 0 Å². The second-order valence-corrected chi connectivity index (χ2v) is 5.16. The third-order valence-electron chi connectivity index (χ3n) is 3.25. The van der Waals surface area contributed by atoms with Crippen molar-refractivity contribution >= 4 is 11.6 Å². The summed E-state index contributed by atoms with van der Waals surface area (Å²) in [6.07, 6.45) is -0.869. The lowest BCUT2D eigenvalue weighted by atomic mass is 10.1. The van der Waals surface area contributed by atoms with Crippen LogP contribution in [0.1, 0.15) is 30.2 Å². The summed E-state index contributed by atoms with van der Waals surface area (Å²) < 4.78 is 13.5. The average Bonchev–Trinajstić information content (AvgIpc) is 2.45. The van der Waals surface area contributed by atoms with E-state index in [1.807, 2.05) is 31.2 Å². The van der Waals surface area contributed by atoms with Crippen molar-refractivity contribution in [3.05, 3.63) is 70.5 Å². The van der Waals surface area contributed by atoms with Gasteiger partial charge < -0.3 is 10.4 Å². The monoisotopic (exact) mass is 293 g/mol. The number of rotatable bonds is 5. The van der Waals surface area contributed by atoms with Gasteiger partial charge in [0, 0.05) is 23.2 Å². The summed E-state index contributed by atoms with van der Waals surface area (Å²) in [6.45, 7) is 2.27. The number of hydrogen-bond acceptors (Lipinski definition) is 2. The van der Waals surface area contributed by atoms with Crippen molar-refractivity contribution in [1.82, 2.24) is 5.32 Å². The largest absolute Gasteiger partial charge is 0.387 e. The van der Waals surface area contributed by atoms with Crippen LogP contribution in [0.2, 0.25) is 5.02 Å². The van der Waals surface area contributed by atoms with E-state index in [1.54, 1.807) is 18.2 Å². The van der Waals surface area contributed by atoms with E-state index >= 15 is 0 Å². The molecule has 0 saturated carbocycles. The maximum absolute atomic E-state index is 13.5. The van der Waals surface area contributed by atoms with Crippen LogP contribution < -0.4 is 5.32 Å². The van der Waals surface area contributed by atoms with Crippen LogP contribution >= 0.6 is 11.6 Å². The summed E-state index contributed by atoms with van der Waals surface area (Å²) in [4.78, 5) is 0. The van der Waals surface area contributed by atoms with E-state index in [2.05, 4.69) is 5.32 Å². The highest BCUT2D eigenvalue weighted by Gasteiger charge is 2.13. The molecule has 0 radical (unpaired) electrons. The molecule has 2 N–H and O–H groups in total.